The standard InChI is InChI=1S/C10H10F3NO2S/c1-16-9(15)8(14)6-4-2-3-5-7(6)17-10(11,12)13/h2-5,8H,14H2,1H3/t8-/m1/s1. The van der Waals surface area contributed by atoms with Crippen LogP contribution >= 0.6 is 11.8 Å². The molecule has 0 aliphatic carbocycles. The number of carbonyl (C=O) groups excluding carboxylic acids is 1. The third-order valence-corrected chi connectivity index (χ3v) is 2.76. The second kappa shape index (κ2) is 5.42. The second-order valence-electron chi connectivity index (χ2n) is 3.09. The number of rotatable bonds is 3. The Bertz CT molecular complexity index is 409. The molecule has 94 valence electrons. The van der Waals surface area contributed by atoms with Gasteiger partial charge in [-0.25, -0.2) is 0 Å². The summed E-state index contributed by atoms with van der Waals surface area (Å²) in [5.74, 6) is -0.778. The highest BCUT2D eigenvalue weighted by atomic mass is 32.2. The first-order valence-corrected chi connectivity index (χ1v) is 5.35. The number of esters is 1. The van der Waals surface area contributed by atoms with E-state index in [0.717, 1.165) is 7.11 Å². The molecule has 0 saturated heterocycles. The maximum absolute atomic E-state index is 12.3. The molecule has 1 rings (SSSR count). The molecule has 2 N–H and O–H groups in total. The molecule has 0 saturated carbocycles. The van der Waals surface area contributed by atoms with Crippen molar-refractivity contribution in [2.24, 2.45) is 5.73 Å². The highest BCUT2D eigenvalue weighted by Gasteiger charge is 2.32. The van der Waals surface area contributed by atoms with Crippen molar-refractivity contribution in [1.29, 1.82) is 0 Å². The minimum Gasteiger partial charge on any atom is -0.468 e. The summed E-state index contributed by atoms with van der Waals surface area (Å²) in [5, 5.41) is 0. The first-order chi connectivity index (χ1) is 7.85. The van der Waals surface area contributed by atoms with Crippen molar-refractivity contribution in [2.45, 2.75) is 16.4 Å². The van der Waals surface area contributed by atoms with Crippen LogP contribution in [-0.4, -0.2) is 18.6 Å². The van der Waals surface area contributed by atoms with E-state index in [1.807, 2.05) is 0 Å². The molecule has 0 unspecified atom stereocenters. The number of alkyl halides is 3. The maximum atomic E-state index is 12.3. The Hall–Kier alpha value is -1.21. The lowest BCUT2D eigenvalue weighted by atomic mass is 10.1. The number of nitrogens with two attached hydrogens (primary N) is 1. The van der Waals surface area contributed by atoms with E-state index in [2.05, 4.69) is 4.74 Å². The third-order valence-electron chi connectivity index (χ3n) is 1.93. The molecule has 0 bridgehead atoms. The molecule has 0 radical (unpaired) electrons. The van der Waals surface area contributed by atoms with E-state index in [-0.39, 0.29) is 22.2 Å². The summed E-state index contributed by atoms with van der Waals surface area (Å²) < 4.78 is 41.2. The van der Waals surface area contributed by atoms with Gasteiger partial charge in [-0.15, -0.1) is 0 Å². The van der Waals surface area contributed by atoms with E-state index < -0.39 is 17.5 Å². The van der Waals surface area contributed by atoms with Gasteiger partial charge in [0, 0.05) is 4.90 Å². The Morgan fingerprint density at radius 1 is 1.41 bits per heavy atom. The van der Waals surface area contributed by atoms with E-state index in [9.17, 15) is 18.0 Å². The van der Waals surface area contributed by atoms with Crippen molar-refractivity contribution in [3.63, 3.8) is 0 Å². The number of benzene rings is 1. The zero-order valence-corrected chi connectivity index (χ0v) is 9.64. The fourth-order valence-electron chi connectivity index (χ4n) is 1.21. The molecule has 1 atom stereocenters. The summed E-state index contributed by atoms with van der Waals surface area (Å²) in [6, 6.07) is 4.37. The topological polar surface area (TPSA) is 52.3 Å². The third kappa shape index (κ3) is 3.94. The molecule has 1 aromatic carbocycles. The fraction of sp³-hybridized carbons (Fsp3) is 0.300. The van der Waals surface area contributed by atoms with Gasteiger partial charge in [-0.3, -0.25) is 4.79 Å². The van der Waals surface area contributed by atoms with Gasteiger partial charge in [0.25, 0.3) is 0 Å². The molecule has 17 heavy (non-hydrogen) atoms. The molecule has 0 amide bonds. The lowest BCUT2D eigenvalue weighted by Gasteiger charge is -2.14. The lowest BCUT2D eigenvalue weighted by molar-refractivity contribution is -0.142. The monoisotopic (exact) mass is 265 g/mol. The normalized spacial score (nSPS) is 13.2. The van der Waals surface area contributed by atoms with Crippen LogP contribution in [0.4, 0.5) is 13.2 Å². The Morgan fingerprint density at radius 2 is 2.00 bits per heavy atom. The zero-order chi connectivity index (χ0) is 13.1. The Balaban J connectivity index is 3.03. The Morgan fingerprint density at radius 3 is 2.53 bits per heavy atom. The van der Waals surface area contributed by atoms with Gasteiger partial charge in [0.2, 0.25) is 0 Å². The SMILES string of the molecule is COC(=O)[C@H](N)c1ccccc1SC(F)(F)F. The van der Waals surface area contributed by atoms with Crippen LogP contribution < -0.4 is 5.73 Å². The molecule has 1 aromatic rings. The number of hydrogen-bond acceptors (Lipinski definition) is 4. The number of thioether (sulfide) groups is 1. The average Bonchev–Trinajstić information content (AvgIpc) is 2.25. The first kappa shape index (κ1) is 13.9. The second-order valence-corrected chi connectivity index (χ2v) is 4.19. The van der Waals surface area contributed by atoms with Crippen molar-refractivity contribution >= 4 is 17.7 Å². The van der Waals surface area contributed by atoms with Crippen molar-refractivity contribution < 1.29 is 22.7 Å². The van der Waals surface area contributed by atoms with Crippen molar-refractivity contribution in [1.82, 2.24) is 0 Å². The summed E-state index contributed by atoms with van der Waals surface area (Å²) in [6.45, 7) is 0. The highest BCUT2D eigenvalue weighted by Crippen LogP contribution is 2.39. The molecule has 0 aliphatic heterocycles. The van der Waals surface area contributed by atoms with E-state index in [0.29, 0.717) is 0 Å². The number of methoxy groups -OCH3 is 1. The maximum Gasteiger partial charge on any atom is 0.446 e. The summed E-state index contributed by atoms with van der Waals surface area (Å²) >= 11 is -0.304. The van der Waals surface area contributed by atoms with Crippen LogP contribution in [0.2, 0.25) is 0 Å². The van der Waals surface area contributed by atoms with Gasteiger partial charge >= 0.3 is 11.5 Å². The van der Waals surface area contributed by atoms with Gasteiger partial charge in [0.15, 0.2) is 0 Å². The van der Waals surface area contributed by atoms with Crippen LogP contribution in [0.5, 0.6) is 0 Å². The largest absolute Gasteiger partial charge is 0.468 e. The zero-order valence-electron chi connectivity index (χ0n) is 8.82. The molecule has 0 spiro atoms. The minimum absolute atomic E-state index is 0.0988. The molecular formula is C10H10F3NO2S. The van der Waals surface area contributed by atoms with Crippen molar-refractivity contribution in [3.8, 4) is 0 Å². The van der Waals surface area contributed by atoms with Crippen LogP contribution in [0, 0.1) is 0 Å². The van der Waals surface area contributed by atoms with Gasteiger partial charge in [0.05, 0.1) is 7.11 Å². The number of carbonyl (C=O) groups is 1. The van der Waals surface area contributed by atoms with E-state index in [1.165, 1.54) is 24.3 Å². The average molecular weight is 265 g/mol. The van der Waals surface area contributed by atoms with Gasteiger partial charge < -0.3 is 10.5 Å². The van der Waals surface area contributed by atoms with Gasteiger partial charge in [-0.05, 0) is 23.4 Å². The molecule has 7 heteroatoms. The molecule has 0 heterocycles. The van der Waals surface area contributed by atoms with E-state index in [4.69, 9.17) is 5.73 Å². The highest BCUT2D eigenvalue weighted by molar-refractivity contribution is 8.00. The van der Waals surface area contributed by atoms with Gasteiger partial charge in [0.1, 0.15) is 6.04 Å². The summed E-state index contributed by atoms with van der Waals surface area (Å²) in [4.78, 5) is 11.1. The first-order valence-electron chi connectivity index (χ1n) is 4.53. The van der Waals surface area contributed by atoms with Crippen molar-refractivity contribution in [2.75, 3.05) is 7.11 Å². The van der Waals surface area contributed by atoms with Crippen LogP contribution in [0.25, 0.3) is 0 Å². The Kier molecular flexibility index (Phi) is 4.41. The van der Waals surface area contributed by atoms with Crippen LogP contribution in [0.15, 0.2) is 29.2 Å². The summed E-state index contributed by atoms with van der Waals surface area (Å²) in [6.07, 6.45) is 0. The predicted molar refractivity (Wildman–Crippen MR) is 57.3 cm³/mol. The lowest BCUT2D eigenvalue weighted by Crippen LogP contribution is -2.23. The summed E-state index contributed by atoms with van der Waals surface area (Å²) in [7, 11) is 1.13. The minimum atomic E-state index is -4.42. The molecule has 0 aliphatic rings. The summed E-state index contributed by atoms with van der Waals surface area (Å²) in [5.41, 5.74) is 1.19. The van der Waals surface area contributed by atoms with Crippen LogP contribution in [0.1, 0.15) is 11.6 Å². The van der Waals surface area contributed by atoms with Crippen LogP contribution in [-0.2, 0) is 9.53 Å². The smallest absolute Gasteiger partial charge is 0.446 e. The molecule has 0 fully saturated rings. The van der Waals surface area contributed by atoms with E-state index >= 15 is 0 Å². The predicted octanol–water partition coefficient (Wildman–Crippen LogP) is 2.47. The quantitative estimate of drug-likeness (QED) is 0.673. The van der Waals surface area contributed by atoms with Crippen LogP contribution in [0.3, 0.4) is 0 Å². The van der Waals surface area contributed by atoms with Gasteiger partial charge in [-0.1, -0.05) is 18.2 Å². The van der Waals surface area contributed by atoms with E-state index in [1.54, 1.807) is 0 Å². The van der Waals surface area contributed by atoms with Crippen molar-refractivity contribution in [3.05, 3.63) is 29.8 Å². The molecule has 3 nitrogen and oxygen atoms in total. The molecular weight excluding hydrogens is 255 g/mol. The molecule has 0 aromatic heterocycles. The number of hydrogen-bond donors (Lipinski definition) is 1. The number of ether oxygens (including phenoxy) is 1. The van der Waals surface area contributed by atoms with Gasteiger partial charge in [-0.2, -0.15) is 13.2 Å². The Labute approximate surface area is 100 Å². The fourth-order valence-corrected chi connectivity index (χ4v) is 1.92. The number of halogens is 3.